The number of nitrogens with two attached hydrogens (primary N) is 1. The van der Waals surface area contributed by atoms with Crippen molar-refractivity contribution in [3.8, 4) is 5.75 Å². The predicted octanol–water partition coefficient (Wildman–Crippen LogP) is 2.91. The average molecular weight is 439 g/mol. The van der Waals surface area contributed by atoms with Crippen molar-refractivity contribution in [1.29, 1.82) is 0 Å². The number of carbonyl (C=O) groups excluding carboxylic acids is 2. The number of benzene rings is 3. The van der Waals surface area contributed by atoms with Gasteiger partial charge in [-0.2, -0.15) is 0 Å². The molecule has 0 saturated carbocycles. The lowest BCUT2D eigenvalue weighted by Gasteiger charge is -2.10. The van der Waals surface area contributed by atoms with Crippen LogP contribution in [-0.4, -0.2) is 26.8 Å². The van der Waals surface area contributed by atoms with E-state index in [1.807, 2.05) is 19.1 Å². The third kappa shape index (κ3) is 6.06. The molecule has 0 bridgehead atoms. The van der Waals surface area contributed by atoms with Crippen LogP contribution in [0.1, 0.15) is 15.9 Å². The summed E-state index contributed by atoms with van der Waals surface area (Å²) in [5, 5.41) is 2.70. The second-order valence-electron chi connectivity index (χ2n) is 6.73. The summed E-state index contributed by atoms with van der Waals surface area (Å²) >= 11 is 0. The van der Waals surface area contributed by atoms with Crippen molar-refractivity contribution in [3.05, 3.63) is 83.9 Å². The molecule has 3 rings (SSSR count). The van der Waals surface area contributed by atoms with Gasteiger partial charge in [0.2, 0.25) is 0 Å². The fraction of sp³-hybridized carbons (Fsp3) is 0.0909. The molecular formula is C22H21N3O5S. The van der Waals surface area contributed by atoms with E-state index in [0.29, 0.717) is 22.7 Å². The smallest absolute Gasteiger partial charge is 0.261 e. The standard InChI is InChI=1S/C22H21N3O5S/c1-15-2-6-18(7-3-15)25-31(28,29)20-12-4-16(5-13-20)22(27)24-17-8-10-19(11-9-17)30-14-21(23)26/h2-13,25H,14H2,1H3,(H2,23,26)(H,24,27). The largest absolute Gasteiger partial charge is 0.484 e. The second kappa shape index (κ2) is 9.31. The van der Waals surface area contributed by atoms with Gasteiger partial charge < -0.3 is 15.8 Å². The number of amides is 2. The Morgan fingerprint density at radius 2 is 1.45 bits per heavy atom. The number of rotatable bonds is 8. The van der Waals surface area contributed by atoms with Gasteiger partial charge in [-0.25, -0.2) is 8.42 Å². The first-order valence-corrected chi connectivity index (χ1v) is 10.7. The number of hydrogen-bond acceptors (Lipinski definition) is 5. The quantitative estimate of drug-likeness (QED) is 0.497. The molecule has 31 heavy (non-hydrogen) atoms. The number of anilines is 2. The first kappa shape index (κ1) is 21.8. The summed E-state index contributed by atoms with van der Waals surface area (Å²) in [6.45, 7) is 1.67. The Bertz CT molecular complexity index is 1170. The van der Waals surface area contributed by atoms with E-state index < -0.39 is 21.8 Å². The molecule has 0 radical (unpaired) electrons. The fourth-order valence-corrected chi connectivity index (χ4v) is 3.67. The van der Waals surface area contributed by atoms with Crippen LogP contribution in [-0.2, 0) is 14.8 Å². The molecule has 8 nitrogen and oxygen atoms in total. The van der Waals surface area contributed by atoms with Crippen LogP contribution >= 0.6 is 0 Å². The summed E-state index contributed by atoms with van der Waals surface area (Å²) in [4.78, 5) is 23.2. The molecule has 0 fully saturated rings. The molecule has 0 aliphatic carbocycles. The minimum atomic E-state index is -3.77. The maximum Gasteiger partial charge on any atom is 0.261 e. The molecule has 0 spiro atoms. The van der Waals surface area contributed by atoms with Crippen LogP contribution in [0.2, 0.25) is 0 Å². The minimum Gasteiger partial charge on any atom is -0.484 e. The molecule has 0 aliphatic heterocycles. The molecule has 0 unspecified atom stereocenters. The van der Waals surface area contributed by atoms with Crippen molar-refractivity contribution in [3.63, 3.8) is 0 Å². The highest BCUT2D eigenvalue weighted by Gasteiger charge is 2.15. The average Bonchev–Trinajstić information content (AvgIpc) is 2.75. The van der Waals surface area contributed by atoms with Crippen LogP contribution in [0, 0.1) is 6.92 Å². The van der Waals surface area contributed by atoms with Crippen molar-refractivity contribution in [1.82, 2.24) is 0 Å². The summed E-state index contributed by atoms with van der Waals surface area (Å²) in [6, 6.07) is 19.0. The van der Waals surface area contributed by atoms with Gasteiger partial charge in [0, 0.05) is 16.9 Å². The predicted molar refractivity (Wildman–Crippen MR) is 118 cm³/mol. The Morgan fingerprint density at radius 1 is 0.871 bits per heavy atom. The zero-order valence-electron chi connectivity index (χ0n) is 16.7. The second-order valence-corrected chi connectivity index (χ2v) is 8.41. The van der Waals surface area contributed by atoms with Gasteiger partial charge in [-0.05, 0) is 67.6 Å². The number of carbonyl (C=O) groups is 2. The fourth-order valence-electron chi connectivity index (χ4n) is 2.61. The Hall–Kier alpha value is -3.85. The maximum atomic E-state index is 12.5. The van der Waals surface area contributed by atoms with Gasteiger partial charge in [0.15, 0.2) is 6.61 Å². The summed E-state index contributed by atoms with van der Waals surface area (Å²) < 4.78 is 32.7. The van der Waals surface area contributed by atoms with Crippen molar-refractivity contribution in [2.75, 3.05) is 16.6 Å². The van der Waals surface area contributed by atoms with Crippen molar-refractivity contribution < 1.29 is 22.7 Å². The van der Waals surface area contributed by atoms with E-state index in [4.69, 9.17) is 10.5 Å². The van der Waals surface area contributed by atoms with E-state index in [-0.39, 0.29) is 11.5 Å². The maximum absolute atomic E-state index is 12.5. The van der Waals surface area contributed by atoms with E-state index in [2.05, 4.69) is 10.0 Å². The zero-order valence-corrected chi connectivity index (χ0v) is 17.5. The molecule has 0 aromatic heterocycles. The van der Waals surface area contributed by atoms with E-state index in [1.54, 1.807) is 36.4 Å². The van der Waals surface area contributed by atoms with E-state index >= 15 is 0 Å². The molecule has 9 heteroatoms. The number of sulfonamides is 1. The van der Waals surface area contributed by atoms with E-state index in [1.165, 1.54) is 24.3 Å². The number of primary amides is 1. The SMILES string of the molecule is Cc1ccc(NS(=O)(=O)c2ccc(C(=O)Nc3ccc(OCC(N)=O)cc3)cc2)cc1. The number of nitrogens with one attached hydrogen (secondary N) is 2. The summed E-state index contributed by atoms with van der Waals surface area (Å²) in [7, 11) is -3.77. The number of hydrogen-bond donors (Lipinski definition) is 3. The molecule has 0 saturated heterocycles. The summed E-state index contributed by atoms with van der Waals surface area (Å²) in [6.07, 6.45) is 0. The summed E-state index contributed by atoms with van der Waals surface area (Å²) in [5.41, 5.74) is 7.30. The van der Waals surface area contributed by atoms with Gasteiger partial charge in [-0.1, -0.05) is 17.7 Å². The van der Waals surface area contributed by atoms with Crippen LogP contribution in [0.4, 0.5) is 11.4 Å². The van der Waals surface area contributed by atoms with E-state index in [0.717, 1.165) is 5.56 Å². The van der Waals surface area contributed by atoms with Gasteiger partial charge in [0.05, 0.1) is 4.90 Å². The van der Waals surface area contributed by atoms with Crippen LogP contribution in [0.5, 0.6) is 5.75 Å². The third-order valence-corrected chi connectivity index (χ3v) is 5.62. The van der Waals surface area contributed by atoms with E-state index in [9.17, 15) is 18.0 Å². The van der Waals surface area contributed by atoms with Crippen LogP contribution in [0.25, 0.3) is 0 Å². The lowest BCUT2D eigenvalue weighted by atomic mass is 10.2. The van der Waals surface area contributed by atoms with Crippen LogP contribution in [0.15, 0.2) is 77.7 Å². The molecule has 3 aromatic carbocycles. The zero-order chi connectivity index (χ0) is 22.4. The molecule has 4 N–H and O–H groups in total. The molecule has 0 heterocycles. The van der Waals surface area contributed by atoms with Gasteiger partial charge in [-0.3, -0.25) is 14.3 Å². The molecule has 2 amide bonds. The summed E-state index contributed by atoms with van der Waals surface area (Å²) in [5.74, 6) is -0.550. The molecule has 160 valence electrons. The Labute approximate surface area is 180 Å². The number of ether oxygens (including phenoxy) is 1. The minimum absolute atomic E-state index is 0.0422. The lowest BCUT2D eigenvalue weighted by molar-refractivity contribution is -0.119. The van der Waals surface area contributed by atoms with Crippen LogP contribution in [0.3, 0.4) is 0 Å². The highest BCUT2D eigenvalue weighted by atomic mass is 32.2. The Balaban J connectivity index is 1.64. The molecule has 3 aromatic rings. The van der Waals surface area contributed by atoms with Crippen molar-refractivity contribution in [2.24, 2.45) is 5.73 Å². The van der Waals surface area contributed by atoms with Gasteiger partial charge >= 0.3 is 0 Å². The number of aryl methyl sites for hydroxylation is 1. The first-order valence-electron chi connectivity index (χ1n) is 9.25. The molecule has 0 aliphatic rings. The van der Waals surface area contributed by atoms with Crippen LogP contribution < -0.4 is 20.5 Å². The lowest BCUT2D eigenvalue weighted by Crippen LogP contribution is -2.20. The normalized spacial score (nSPS) is 10.9. The Kier molecular flexibility index (Phi) is 6.56. The molecule has 0 atom stereocenters. The third-order valence-electron chi connectivity index (χ3n) is 4.22. The highest BCUT2D eigenvalue weighted by Crippen LogP contribution is 2.19. The first-order chi connectivity index (χ1) is 14.7. The monoisotopic (exact) mass is 439 g/mol. The van der Waals surface area contributed by atoms with Crippen molar-refractivity contribution >= 4 is 33.2 Å². The molecular weight excluding hydrogens is 418 g/mol. The highest BCUT2D eigenvalue weighted by molar-refractivity contribution is 7.92. The topological polar surface area (TPSA) is 128 Å². The van der Waals surface area contributed by atoms with Gasteiger partial charge in [0.1, 0.15) is 5.75 Å². The van der Waals surface area contributed by atoms with Gasteiger partial charge in [0.25, 0.3) is 21.8 Å². The van der Waals surface area contributed by atoms with Crippen molar-refractivity contribution in [2.45, 2.75) is 11.8 Å². The Morgan fingerprint density at radius 3 is 2.03 bits per heavy atom. The van der Waals surface area contributed by atoms with Gasteiger partial charge in [-0.15, -0.1) is 0 Å².